The molecule has 1 heterocycles. The first-order chi connectivity index (χ1) is 10.3. The van der Waals surface area contributed by atoms with Crippen LogP contribution in [-0.4, -0.2) is 25.1 Å². The molecule has 0 aliphatic carbocycles. The Balaban J connectivity index is 2.31. The number of benzene rings is 1. The Morgan fingerprint density at radius 1 is 1.33 bits per heavy atom. The fourth-order valence-corrected chi connectivity index (χ4v) is 2.46. The molecule has 0 atom stereocenters. The molecule has 21 heavy (non-hydrogen) atoms. The lowest BCUT2D eigenvalue weighted by atomic mass is 10.1. The summed E-state index contributed by atoms with van der Waals surface area (Å²) < 4.78 is 0. The first-order valence-corrected chi connectivity index (χ1v) is 7.67. The summed E-state index contributed by atoms with van der Waals surface area (Å²) in [6, 6.07) is 10.6. The van der Waals surface area contributed by atoms with E-state index < -0.39 is 0 Å². The van der Waals surface area contributed by atoms with Gasteiger partial charge in [-0.15, -0.1) is 6.58 Å². The number of pyridine rings is 1. The molecule has 0 radical (unpaired) electrons. The molecule has 1 N–H and O–H groups in total. The van der Waals surface area contributed by atoms with Crippen molar-refractivity contribution < 1.29 is 0 Å². The number of rotatable bonds is 8. The normalized spacial score (nSPS) is 10.8. The van der Waals surface area contributed by atoms with Crippen LogP contribution in [0.5, 0.6) is 0 Å². The number of allylic oxidation sites excluding steroid dienone is 1. The summed E-state index contributed by atoms with van der Waals surface area (Å²) in [7, 11) is 2.15. The van der Waals surface area contributed by atoms with Gasteiger partial charge in [-0.25, -0.2) is 0 Å². The van der Waals surface area contributed by atoms with Gasteiger partial charge in [0.15, 0.2) is 0 Å². The van der Waals surface area contributed by atoms with Crippen LogP contribution >= 0.6 is 0 Å². The lowest BCUT2D eigenvalue weighted by Crippen LogP contribution is -2.20. The Labute approximate surface area is 127 Å². The fourth-order valence-electron chi connectivity index (χ4n) is 2.46. The van der Waals surface area contributed by atoms with E-state index in [0.29, 0.717) is 0 Å². The molecule has 0 spiro atoms. The van der Waals surface area contributed by atoms with Gasteiger partial charge in [0.1, 0.15) is 0 Å². The topological polar surface area (TPSA) is 28.2 Å². The number of anilines is 1. The van der Waals surface area contributed by atoms with Crippen LogP contribution in [0, 0.1) is 0 Å². The van der Waals surface area contributed by atoms with E-state index in [1.165, 1.54) is 11.1 Å². The Hall–Kier alpha value is -1.87. The van der Waals surface area contributed by atoms with E-state index in [4.69, 9.17) is 4.98 Å². The third-order valence-electron chi connectivity index (χ3n) is 3.62. The third-order valence-corrected chi connectivity index (χ3v) is 3.62. The van der Waals surface area contributed by atoms with Crippen molar-refractivity contribution in [3.63, 3.8) is 0 Å². The predicted molar refractivity (Wildman–Crippen MR) is 91.8 cm³/mol. The van der Waals surface area contributed by atoms with Crippen LogP contribution in [0.1, 0.15) is 25.5 Å². The van der Waals surface area contributed by atoms with Crippen molar-refractivity contribution in [1.29, 1.82) is 0 Å². The second-order valence-electron chi connectivity index (χ2n) is 5.28. The number of hydrogen-bond donors (Lipinski definition) is 1. The standard InChI is InChI=1S/C18H25N3/c1-4-6-9-12-21(3)18-13-15(14-19-5-2)20-17-11-8-7-10-16(17)18/h4,7-8,10-11,13,19H,1,5-6,9,12,14H2,2-3H3. The van der Waals surface area contributed by atoms with Crippen LogP contribution < -0.4 is 10.2 Å². The van der Waals surface area contributed by atoms with Gasteiger partial charge in [-0.05, 0) is 31.5 Å². The highest BCUT2D eigenvalue weighted by Gasteiger charge is 2.09. The minimum Gasteiger partial charge on any atom is -0.374 e. The molecule has 0 aliphatic heterocycles. The summed E-state index contributed by atoms with van der Waals surface area (Å²) in [5.74, 6) is 0. The van der Waals surface area contributed by atoms with Gasteiger partial charge in [0, 0.05) is 31.2 Å². The maximum absolute atomic E-state index is 4.75. The Kier molecular flexibility index (Phi) is 5.76. The molecule has 0 amide bonds. The van der Waals surface area contributed by atoms with Crippen molar-refractivity contribution in [2.24, 2.45) is 0 Å². The van der Waals surface area contributed by atoms with Crippen molar-refractivity contribution in [2.75, 3.05) is 25.0 Å². The summed E-state index contributed by atoms with van der Waals surface area (Å²) in [4.78, 5) is 7.07. The number of nitrogens with one attached hydrogen (secondary N) is 1. The lowest BCUT2D eigenvalue weighted by molar-refractivity contribution is 0.712. The maximum atomic E-state index is 4.75. The van der Waals surface area contributed by atoms with Crippen LogP contribution in [0.4, 0.5) is 5.69 Å². The SMILES string of the molecule is C=CCCCN(C)c1cc(CNCC)nc2ccccc12. The number of fused-ring (bicyclic) bond motifs is 1. The summed E-state index contributed by atoms with van der Waals surface area (Å²) in [6.45, 7) is 8.71. The van der Waals surface area contributed by atoms with Crippen molar-refractivity contribution in [3.8, 4) is 0 Å². The smallest absolute Gasteiger partial charge is 0.0726 e. The van der Waals surface area contributed by atoms with E-state index in [-0.39, 0.29) is 0 Å². The second kappa shape index (κ2) is 7.79. The lowest BCUT2D eigenvalue weighted by Gasteiger charge is -2.22. The molecule has 2 rings (SSSR count). The van der Waals surface area contributed by atoms with E-state index >= 15 is 0 Å². The van der Waals surface area contributed by atoms with Gasteiger partial charge in [0.2, 0.25) is 0 Å². The monoisotopic (exact) mass is 283 g/mol. The number of unbranched alkanes of at least 4 members (excludes halogenated alkanes) is 1. The molecule has 3 heteroatoms. The maximum Gasteiger partial charge on any atom is 0.0726 e. The highest BCUT2D eigenvalue weighted by atomic mass is 15.1. The van der Waals surface area contributed by atoms with Gasteiger partial charge in [-0.2, -0.15) is 0 Å². The third kappa shape index (κ3) is 4.05. The highest BCUT2D eigenvalue weighted by Crippen LogP contribution is 2.26. The van der Waals surface area contributed by atoms with Crippen molar-refractivity contribution in [2.45, 2.75) is 26.3 Å². The molecule has 0 bridgehead atoms. The van der Waals surface area contributed by atoms with Gasteiger partial charge < -0.3 is 10.2 Å². The fraction of sp³-hybridized carbons (Fsp3) is 0.389. The Morgan fingerprint density at radius 3 is 2.90 bits per heavy atom. The van der Waals surface area contributed by atoms with E-state index in [0.717, 1.165) is 43.7 Å². The van der Waals surface area contributed by atoms with E-state index in [2.05, 4.69) is 55.0 Å². The van der Waals surface area contributed by atoms with Crippen LogP contribution in [0.3, 0.4) is 0 Å². The molecule has 0 saturated heterocycles. The summed E-state index contributed by atoms with van der Waals surface area (Å²) in [5.41, 5.74) is 3.43. The summed E-state index contributed by atoms with van der Waals surface area (Å²) in [5, 5.41) is 4.57. The summed E-state index contributed by atoms with van der Waals surface area (Å²) >= 11 is 0. The number of para-hydroxylation sites is 1. The van der Waals surface area contributed by atoms with Crippen molar-refractivity contribution in [1.82, 2.24) is 10.3 Å². The van der Waals surface area contributed by atoms with Gasteiger partial charge in [0.25, 0.3) is 0 Å². The molecular formula is C18H25N3. The summed E-state index contributed by atoms with van der Waals surface area (Å²) in [6.07, 6.45) is 4.16. The molecule has 0 aliphatic rings. The van der Waals surface area contributed by atoms with Crippen LogP contribution in [-0.2, 0) is 6.54 Å². The minimum atomic E-state index is 0.814. The average molecular weight is 283 g/mol. The number of aromatic nitrogens is 1. The first kappa shape index (κ1) is 15.5. The van der Waals surface area contributed by atoms with Crippen LogP contribution in [0.15, 0.2) is 43.0 Å². The van der Waals surface area contributed by atoms with E-state index in [9.17, 15) is 0 Å². The van der Waals surface area contributed by atoms with E-state index in [1.54, 1.807) is 0 Å². The molecule has 0 fully saturated rings. The van der Waals surface area contributed by atoms with Crippen molar-refractivity contribution >= 4 is 16.6 Å². The number of hydrogen-bond acceptors (Lipinski definition) is 3. The zero-order chi connectivity index (χ0) is 15.1. The van der Waals surface area contributed by atoms with Gasteiger partial charge in [-0.3, -0.25) is 4.98 Å². The van der Waals surface area contributed by atoms with Crippen molar-refractivity contribution in [3.05, 3.63) is 48.7 Å². The molecule has 0 saturated carbocycles. The number of nitrogens with zero attached hydrogens (tertiary/aromatic N) is 2. The Morgan fingerprint density at radius 2 is 2.14 bits per heavy atom. The highest BCUT2D eigenvalue weighted by molar-refractivity contribution is 5.91. The molecule has 0 unspecified atom stereocenters. The average Bonchev–Trinajstić information content (AvgIpc) is 2.52. The zero-order valence-corrected chi connectivity index (χ0v) is 13.1. The minimum absolute atomic E-state index is 0.814. The van der Waals surface area contributed by atoms with Crippen LogP contribution in [0.2, 0.25) is 0 Å². The predicted octanol–water partition coefficient (Wildman–Crippen LogP) is 3.75. The van der Waals surface area contributed by atoms with Gasteiger partial charge in [0.05, 0.1) is 11.2 Å². The quantitative estimate of drug-likeness (QED) is 0.591. The molecular weight excluding hydrogens is 258 g/mol. The molecule has 3 nitrogen and oxygen atoms in total. The largest absolute Gasteiger partial charge is 0.374 e. The Bertz CT molecular complexity index is 592. The molecule has 2 aromatic rings. The molecule has 1 aromatic heterocycles. The van der Waals surface area contributed by atoms with E-state index in [1.807, 2.05) is 12.1 Å². The molecule has 1 aromatic carbocycles. The first-order valence-electron chi connectivity index (χ1n) is 7.67. The van der Waals surface area contributed by atoms with Gasteiger partial charge in [-0.1, -0.05) is 31.2 Å². The van der Waals surface area contributed by atoms with Gasteiger partial charge >= 0.3 is 0 Å². The molecule has 112 valence electrons. The second-order valence-corrected chi connectivity index (χ2v) is 5.28. The zero-order valence-electron chi connectivity index (χ0n) is 13.1. The van der Waals surface area contributed by atoms with Crippen LogP contribution in [0.25, 0.3) is 10.9 Å².